The second kappa shape index (κ2) is 14.3. The van der Waals surface area contributed by atoms with Crippen molar-refractivity contribution in [1.82, 2.24) is 10.6 Å². The van der Waals surface area contributed by atoms with Crippen LogP contribution in [0.2, 0.25) is 10.0 Å². The number of carbonyl (C=O) groups excluding carboxylic acids is 4. The van der Waals surface area contributed by atoms with Gasteiger partial charge in [-0.05, 0) is 146 Å². The Labute approximate surface area is 360 Å². The third-order valence-electron chi connectivity index (χ3n) is 18.0. The first-order valence-electron chi connectivity index (χ1n) is 22.0. The second-order valence-electron chi connectivity index (χ2n) is 22.2. The monoisotopic (exact) mass is 852 g/mol. The van der Waals surface area contributed by atoms with Crippen molar-refractivity contribution in [2.45, 2.75) is 158 Å². The Morgan fingerprint density at radius 3 is 2.12 bits per heavy atom. The highest BCUT2D eigenvalue weighted by molar-refractivity contribution is 6.42. The van der Waals surface area contributed by atoms with E-state index in [9.17, 15) is 29.1 Å². The second-order valence-corrected chi connectivity index (χ2v) is 23.0. The van der Waals surface area contributed by atoms with E-state index in [1.807, 2.05) is 13.8 Å². The summed E-state index contributed by atoms with van der Waals surface area (Å²) in [5, 5.41) is 16.6. The van der Waals surface area contributed by atoms with Crippen LogP contribution in [0.15, 0.2) is 29.3 Å². The minimum atomic E-state index is -1.29. The molecular weight excluding hydrogens is 787 g/mol. The van der Waals surface area contributed by atoms with Gasteiger partial charge in [0.05, 0.1) is 27.4 Å². The molecule has 6 aliphatic carbocycles. The zero-order valence-electron chi connectivity index (χ0n) is 37.0. The Bertz CT molecular complexity index is 2020. The van der Waals surface area contributed by atoms with E-state index in [4.69, 9.17) is 27.9 Å². The molecule has 10 atom stereocenters. The van der Waals surface area contributed by atoms with Gasteiger partial charge >= 0.3 is 11.9 Å². The van der Waals surface area contributed by atoms with Gasteiger partial charge in [-0.2, -0.15) is 0 Å². The number of fused-ring (bicyclic) bond motifs is 7. The highest BCUT2D eigenvalue weighted by Crippen LogP contribution is 2.76. The van der Waals surface area contributed by atoms with E-state index in [1.165, 1.54) is 6.07 Å². The molecule has 2 amide bonds. The number of carboxylic acids is 1. The van der Waals surface area contributed by atoms with Crippen LogP contribution in [-0.2, 0) is 23.9 Å². The summed E-state index contributed by atoms with van der Waals surface area (Å²) in [6.07, 6.45) is 7.53. The van der Waals surface area contributed by atoms with Gasteiger partial charge in [0.15, 0.2) is 5.78 Å². The zero-order chi connectivity index (χ0) is 43.6. The maximum absolute atomic E-state index is 14.4. The Balaban J connectivity index is 1.13. The van der Waals surface area contributed by atoms with Crippen LogP contribution in [0, 0.1) is 62.6 Å². The molecule has 324 valence electrons. The predicted octanol–water partition coefficient (Wildman–Crippen LogP) is 10.0. The molecule has 0 radical (unpaired) electrons. The van der Waals surface area contributed by atoms with Gasteiger partial charge in [-0.3, -0.25) is 24.0 Å². The van der Waals surface area contributed by atoms with Crippen LogP contribution in [-0.4, -0.2) is 51.8 Å². The maximum Gasteiger partial charge on any atom is 0.309 e. The molecule has 5 saturated carbocycles. The predicted molar refractivity (Wildman–Crippen MR) is 229 cm³/mol. The van der Waals surface area contributed by atoms with Crippen LogP contribution in [0.4, 0.5) is 0 Å². The van der Waals surface area contributed by atoms with E-state index in [2.05, 4.69) is 59.1 Å². The molecule has 9 nitrogen and oxygen atoms in total. The number of ketones is 1. The summed E-state index contributed by atoms with van der Waals surface area (Å²) in [6, 6.07) is 4.62. The number of rotatable bonds is 8. The summed E-state index contributed by atoms with van der Waals surface area (Å²) in [7, 11) is 0. The van der Waals surface area contributed by atoms with Gasteiger partial charge in [0, 0.05) is 17.4 Å². The molecule has 6 aliphatic rings. The first kappa shape index (κ1) is 44.2. The Morgan fingerprint density at radius 1 is 0.831 bits per heavy atom. The van der Waals surface area contributed by atoms with Crippen LogP contribution in [0.25, 0.3) is 0 Å². The van der Waals surface area contributed by atoms with Crippen molar-refractivity contribution < 1.29 is 33.8 Å². The number of aliphatic carboxylic acids is 1. The molecule has 1 aromatic carbocycles. The maximum atomic E-state index is 14.4. The number of benzene rings is 1. The van der Waals surface area contributed by atoms with Crippen molar-refractivity contribution in [2.24, 2.45) is 62.6 Å². The molecule has 0 bridgehead atoms. The fourth-order valence-corrected chi connectivity index (χ4v) is 14.6. The Hall–Kier alpha value is -2.91. The fourth-order valence-electron chi connectivity index (χ4n) is 14.3. The SMILES string of the molecule is CC(C)C1=C2[C@H]3CC[C@@H]4[C@@]5(C)CC[C@H](OC(=O)[C@H]6C[C@@H](C(=O)O)C6(C)C)C(C)(C)[C@@H]5CC[C@@]4(C)[C@]3(C)CC[C@@]2(NC(=O)C(C)(C)NC(=O)c2ccc(Cl)c(Cl)c2)CC1=O. The van der Waals surface area contributed by atoms with Gasteiger partial charge in [-0.1, -0.05) is 85.5 Å². The van der Waals surface area contributed by atoms with Gasteiger partial charge in [0.1, 0.15) is 11.6 Å². The number of Topliss-reactive ketones (excluding diaryl/α,β-unsaturated/α-hetero) is 1. The van der Waals surface area contributed by atoms with Gasteiger partial charge in [-0.25, -0.2) is 0 Å². The molecule has 0 unspecified atom stereocenters. The number of ether oxygens (including phenoxy) is 1. The van der Waals surface area contributed by atoms with E-state index in [1.54, 1.807) is 26.0 Å². The third kappa shape index (κ3) is 6.54. The summed E-state index contributed by atoms with van der Waals surface area (Å²) < 4.78 is 6.41. The van der Waals surface area contributed by atoms with E-state index in [0.29, 0.717) is 35.3 Å². The van der Waals surface area contributed by atoms with Crippen molar-refractivity contribution in [3.63, 3.8) is 0 Å². The number of allylic oxidation sites excluding steroid dienone is 1. The van der Waals surface area contributed by atoms with Crippen LogP contribution >= 0.6 is 23.2 Å². The summed E-state index contributed by atoms with van der Waals surface area (Å²) in [6.45, 7) is 23.4. The lowest BCUT2D eigenvalue weighted by Crippen LogP contribution is -2.68. The normalized spacial score (nSPS) is 38.2. The highest BCUT2D eigenvalue weighted by Gasteiger charge is 2.71. The van der Waals surface area contributed by atoms with Crippen molar-refractivity contribution >= 4 is 52.7 Å². The average Bonchev–Trinajstić information content (AvgIpc) is 3.41. The van der Waals surface area contributed by atoms with Gasteiger partial charge in [-0.15, -0.1) is 0 Å². The van der Waals surface area contributed by atoms with Crippen molar-refractivity contribution in [3.05, 3.63) is 45.0 Å². The Kier molecular flexibility index (Phi) is 10.7. The van der Waals surface area contributed by atoms with Crippen LogP contribution in [0.5, 0.6) is 0 Å². The van der Waals surface area contributed by atoms with E-state index >= 15 is 0 Å². The van der Waals surface area contributed by atoms with Gasteiger partial charge in [0.2, 0.25) is 5.91 Å². The van der Waals surface area contributed by atoms with E-state index in [0.717, 1.165) is 56.1 Å². The molecular formula is C48H66Cl2N2O7. The quantitative estimate of drug-likeness (QED) is 0.221. The lowest BCUT2D eigenvalue weighted by Gasteiger charge is -2.72. The highest BCUT2D eigenvalue weighted by atomic mass is 35.5. The number of amides is 2. The number of halogens is 2. The molecule has 59 heavy (non-hydrogen) atoms. The van der Waals surface area contributed by atoms with Gasteiger partial charge in [0.25, 0.3) is 5.91 Å². The summed E-state index contributed by atoms with van der Waals surface area (Å²) >= 11 is 12.3. The number of esters is 1. The third-order valence-corrected chi connectivity index (χ3v) is 18.7. The number of hydrogen-bond acceptors (Lipinski definition) is 6. The molecule has 1 aromatic rings. The lowest BCUT2D eigenvalue weighted by atomic mass is 9.33. The molecule has 0 aromatic heterocycles. The number of nitrogens with one attached hydrogen (secondary N) is 2. The summed E-state index contributed by atoms with van der Waals surface area (Å²) in [5.74, 6) is -1.84. The lowest BCUT2D eigenvalue weighted by molar-refractivity contribution is -0.235. The molecule has 0 aliphatic heterocycles. The Morgan fingerprint density at radius 2 is 1.51 bits per heavy atom. The standard InChI is InChI=1S/C48H66Cl2N2O7/c1-25(2)36-32(53)24-48(52-41(58)44(7,8)51-38(54)26-12-14-30(49)31(50)22-26)21-20-46(10)27(37(36)48)13-15-34-45(9)18-17-35(43(5,6)33(45)16-19-47(34,46)11)59-40(57)29-23-28(39(55)56)42(29,3)4/h12,14,22,25,27-29,33-35H,13,15-21,23-24H2,1-11H3,(H,51,54)(H,52,58)(H,55,56)/t27-,28+,29-,33+,34-,35+,45+,46-,47-,48-/m1/s1. The van der Waals surface area contributed by atoms with Crippen molar-refractivity contribution in [2.75, 3.05) is 0 Å². The fraction of sp³-hybridized carbons (Fsp3) is 0.729. The van der Waals surface area contributed by atoms with E-state index < -0.39 is 40.2 Å². The van der Waals surface area contributed by atoms with E-state index in [-0.39, 0.29) is 68.7 Å². The minimum Gasteiger partial charge on any atom is -0.481 e. The number of hydrogen-bond donors (Lipinski definition) is 3. The molecule has 0 heterocycles. The average molecular weight is 854 g/mol. The molecule has 7 rings (SSSR count). The van der Waals surface area contributed by atoms with Crippen LogP contribution in [0.3, 0.4) is 0 Å². The van der Waals surface area contributed by atoms with Crippen molar-refractivity contribution in [3.8, 4) is 0 Å². The first-order valence-corrected chi connectivity index (χ1v) is 22.7. The molecule has 0 spiro atoms. The molecule has 0 saturated heterocycles. The first-order chi connectivity index (χ1) is 27.2. The van der Waals surface area contributed by atoms with Crippen LogP contribution in [0.1, 0.15) is 151 Å². The molecule has 3 N–H and O–H groups in total. The summed E-state index contributed by atoms with van der Waals surface area (Å²) in [4.78, 5) is 67.4. The largest absolute Gasteiger partial charge is 0.481 e. The zero-order valence-corrected chi connectivity index (χ0v) is 38.5. The van der Waals surface area contributed by atoms with Crippen LogP contribution < -0.4 is 10.6 Å². The minimum absolute atomic E-state index is 0.000845. The number of carbonyl (C=O) groups is 5. The van der Waals surface area contributed by atoms with Gasteiger partial charge < -0.3 is 20.5 Å². The smallest absolute Gasteiger partial charge is 0.309 e. The molecule has 11 heteroatoms. The molecule has 5 fully saturated rings. The number of carboxylic acid groups (broad SMARTS) is 1. The summed E-state index contributed by atoms with van der Waals surface area (Å²) in [5.41, 5.74) is -0.871. The topological polar surface area (TPSA) is 139 Å². The van der Waals surface area contributed by atoms with Crippen molar-refractivity contribution in [1.29, 1.82) is 0 Å².